The molecule has 1 aromatic heterocycles. The Morgan fingerprint density at radius 2 is 1.84 bits per heavy atom. The van der Waals surface area contributed by atoms with Gasteiger partial charge in [-0.2, -0.15) is 5.10 Å². The molecule has 3 rings (SSSR count). The first-order valence-electron chi connectivity index (χ1n) is 7.99. The van der Waals surface area contributed by atoms with Crippen molar-refractivity contribution >= 4 is 15.9 Å². The molecule has 2 aliphatic rings. The van der Waals surface area contributed by atoms with Gasteiger partial charge in [0, 0.05) is 11.0 Å². The van der Waals surface area contributed by atoms with E-state index in [0.717, 1.165) is 10.7 Å². The highest BCUT2D eigenvalue weighted by Crippen LogP contribution is 2.31. The van der Waals surface area contributed by atoms with Crippen molar-refractivity contribution in [1.29, 1.82) is 0 Å². The fraction of sp³-hybridized carbons (Fsp3) is 0.812. The van der Waals surface area contributed by atoms with Crippen molar-refractivity contribution in [3.63, 3.8) is 0 Å². The molecule has 0 aromatic carbocycles. The van der Waals surface area contributed by atoms with Crippen molar-refractivity contribution in [2.24, 2.45) is 5.92 Å². The molecule has 106 valence electrons. The molecule has 0 saturated heterocycles. The van der Waals surface area contributed by atoms with Crippen molar-refractivity contribution < 1.29 is 0 Å². The fourth-order valence-corrected chi connectivity index (χ4v) is 4.59. The highest BCUT2D eigenvalue weighted by molar-refractivity contribution is 9.09. The molecule has 1 aromatic rings. The maximum atomic E-state index is 4.84. The van der Waals surface area contributed by atoms with Crippen LogP contribution in [0.2, 0.25) is 0 Å². The molecular weight excluding hydrogens is 300 g/mol. The smallest absolute Gasteiger partial charge is 0.0627 e. The number of nitrogens with zero attached hydrogens (tertiary/aromatic N) is 2. The Hall–Kier alpha value is -0.310. The van der Waals surface area contributed by atoms with Crippen LogP contribution in [0.3, 0.4) is 0 Å². The molecule has 0 aliphatic heterocycles. The van der Waals surface area contributed by atoms with E-state index in [0.29, 0.717) is 6.04 Å². The van der Waals surface area contributed by atoms with Crippen LogP contribution in [0.5, 0.6) is 0 Å². The van der Waals surface area contributed by atoms with Gasteiger partial charge in [0.15, 0.2) is 0 Å². The summed E-state index contributed by atoms with van der Waals surface area (Å²) in [4.78, 5) is 0.733. The molecule has 2 unspecified atom stereocenters. The van der Waals surface area contributed by atoms with Crippen LogP contribution in [0.15, 0.2) is 12.3 Å². The Bertz CT molecular complexity index is 395. The first-order chi connectivity index (χ1) is 9.31. The molecule has 0 spiro atoms. The average molecular weight is 325 g/mol. The summed E-state index contributed by atoms with van der Waals surface area (Å²) in [6.07, 6.45) is 15.7. The zero-order chi connectivity index (χ0) is 13.1. The van der Waals surface area contributed by atoms with E-state index >= 15 is 0 Å². The number of halogens is 1. The molecule has 0 N–H and O–H groups in total. The van der Waals surface area contributed by atoms with E-state index in [4.69, 9.17) is 5.10 Å². The van der Waals surface area contributed by atoms with E-state index < -0.39 is 0 Å². The number of hydrogen-bond donors (Lipinski definition) is 0. The van der Waals surface area contributed by atoms with Gasteiger partial charge in [0.05, 0.1) is 11.7 Å². The average Bonchev–Trinajstić information content (AvgIpc) is 3.01. The Morgan fingerprint density at radius 1 is 1.11 bits per heavy atom. The Morgan fingerprint density at radius 3 is 2.68 bits per heavy atom. The van der Waals surface area contributed by atoms with Gasteiger partial charge in [0.25, 0.3) is 0 Å². The van der Waals surface area contributed by atoms with Crippen LogP contribution in [0.4, 0.5) is 0 Å². The number of hydrogen-bond acceptors (Lipinski definition) is 1. The van der Waals surface area contributed by atoms with Gasteiger partial charge in [-0.05, 0) is 44.1 Å². The number of alkyl halides is 1. The van der Waals surface area contributed by atoms with Crippen molar-refractivity contribution in [1.82, 2.24) is 9.78 Å². The van der Waals surface area contributed by atoms with Crippen LogP contribution >= 0.6 is 15.9 Å². The summed E-state index contributed by atoms with van der Waals surface area (Å²) in [5, 5.41) is 4.84. The molecule has 2 atom stereocenters. The normalized spacial score (nSPS) is 29.5. The number of rotatable bonds is 3. The van der Waals surface area contributed by atoms with E-state index in [1.165, 1.54) is 69.9 Å². The predicted molar refractivity (Wildman–Crippen MR) is 82.7 cm³/mol. The first-order valence-corrected chi connectivity index (χ1v) is 8.91. The van der Waals surface area contributed by atoms with E-state index in [2.05, 4.69) is 32.9 Å². The van der Waals surface area contributed by atoms with Crippen LogP contribution in [-0.4, -0.2) is 14.6 Å². The van der Waals surface area contributed by atoms with Crippen LogP contribution < -0.4 is 0 Å². The predicted octanol–water partition coefficient (Wildman–Crippen LogP) is 4.88. The lowest BCUT2D eigenvalue weighted by atomic mass is 9.95. The Kier molecular flexibility index (Phi) is 4.62. The second kappa shape index (κ2) is 6.43. The highest BCUT2D eigenvalue weighted by Gasteiger charge is 2.21. The molecule has 2 fully saturated rings. The zero-order valence-electron chi connectivity index (χ0n) is 11.7. The lowest BCUT2D eigenvalue weighted by Crippen LogP contribution is -2.10. The quantitative estimate of drug-likeness (QED) is 0.572. The third-order valence-electron chi connectivity index (χ3n) is 4.83. The van der Waals surface area contributed by atoms with Gasteiger partial charge in [-0.25, -0.2) is 0 Å². The molecule has 2 nitrogen and oxygen atoms in total. The summed E-state index contributed by atoms with van der Waals surface area (Å²) in [6.45, 7) is 0. The Labute approximate surface area is 125 Å². The van der Waals surface area contributed by atoms with Crippen LogP contribution in [0.25, 0.3) is 0 Å². The summed E-state index contributed by atoms with van der Waals surface area (Å²) in [7, 11) is 0. The lowest BCUT2D eigenvalue weighted by molar-refractivity contribution is 0.437. The van der Waals surface area contributed by atoms with E-state index in [1.54, 1.807) is 0 Å². The molecule has 2 saturated carbocycles. The monoisotopic (exact) mass is 324 g/mol. The maximum Gasteiger partial charge on any atom is 0.0627 e. The molecular formula is C16H25BrN2. The zero-order valence-corrected chi connectivity index (χ0v) is 13.3. The largest absolute Gasteiger partial charge is 0.269 e. The summed E-state index contributed by atoms with van der Waals surface area (Å²) >= 11 is 3.83. The topological polar surface area (TPSA) is 17.8 Å². The lowest BCUT2D eigenvalue weighted by Gasteiger charge is -2.15. The van der Waals surface area contributed by atoms with Gasteiger partial charge in [-0.3, -0.25) is 4.68 Å². The van der Waals surface area contributed by atoms with Gasteiger partial charge >= 0.3 is 0 Å². The third-order valence-corrected chi connectivity index (χ3v) is 5.66. The van der Waals surface area contributed by atoms with Crippen molar-refractivity contribution in [2.75, 3.05) is 0 Å². The van der Waals surface area contributed by atoms with Crippen molar-refractivity contribution in [2.45, 2.75) is 75.1 Å². The number of aromatic nitrogens is 2. The molecule has 19 heavy (non-hydrogen) atoms. The first kappa shape index (κ1) is 13.7. The summed E-state index contributed by atoms with van der Waals surface area (Å²) < 4.78 is 2.24. The molecule has 0 bridgehead atoms. The molecule has 1 heterocycles. The molecule has 0 amide bonds. The minimum absolute atomic E-state index is 0.687. The van der Waals surface area contributed by atoms with Crippen LogP contribution in [0.1, 0.15) is 69.5 Å². The maximum absolute atomic E-state index is 4.84. The van der Waals surface area contributed by atoms with Crippen molar-refractivity contribution in [3.8, 4) is 0 Å². The summed E-state index contributed by atoms with van der Waals surface area (Å²) in [6, 6.07) is 2.94. The molecule has 2 aliphatic carbocycles. The minimum atomic E-state index is 0.687. The van der Waals surface area contributed by atoms with Gasteiger partial charge in [0.1, 0.15) is 0 Å². The van der Waals surface area contributed by atoms with Crippen LogP contribution in [-0.2, 0) is 6.42 Å². The second-order valence-corrected chi connectivity index (χ2v) is 7.71. The van der Waals surface area contributed by atoms with E-state index in [-0.39, 0.29) is 0 Å². The van der Waals surface area contributed by atoms with Gasteiger partial charge < -0.3 is 0 Å². The standard InChI is InChI=1S/C16H25BrN2/c17-14-6-2-1-5-13(11-14)12-15-9-10-19(18-15)16-7-3-4-8-16/h9-10,13-14,16H,1-8,11-12H2. The minimum Gasteiger partial charge on any atom is -0.269 e. The van der Waals surface area contributed by atoms with E-state index in [1.807, 2.05) is 0 Å². The van der Waals surface area contributed by atoms with Gasteiger partial charge in [-0.15, -0.1) is 0 Å². The molecule has 3 heteroatoms. The van der Waals surface area contributed by atoms with Gasteiger partial charge in [0.2, 0.25) is 0 Å². The summed E-state index contributed by atoms with van der Waals surface area (Å²) in [5.41, 5.74) is 1.32. The SMILES string of the molecule is BrC1CCCCC(Cc2ccn(C3CCCC3)n2)C1. The highest BCUT2D eigenvalue weighted by atomic mass is 79.9. The Balaban J connectivity index is 1.59. The third kappa shape index (κ3) is 3.62. The fourth-order valence-electron chi connectivity index (χ4n) is 3.74. The molecule has 0 radical (unpaired) electrons. The van der Waals surface area contributed by atoms with E-state index in [9.17, 15) is 0 Å². The van der Waals surface area contributed by atoms with Gasteiger partial charge in [-0.1, -0.05) is 48.0 Å². The second-order valence-electron chi connectivity index (χ2n) is 6.41. The van der Waals surface area contributed by atoms with Crippen molar-refractivity contribution in [3.05, 3.63) is 18.0 Å². The van der Waals surface area contributed by atoms with Crippen LogP contribution in [0, 0.1) is 5.92 Å². The summed E-state index contributed by atoms with van der Waals surface area (Å²) in [5.74, 6) is 0.832.